The third kappa shape index (κ3) is 5.69. The van der Waals surface area contributed by atoms with Crippen LogP contribution in [0.15, 0.2) is 41.3 Å². The van der Waals surface area contributed by atoms with Gasteiger partial charge in [-0.1, -0.05) is 11.6 Å². The van der Waals surface area contributed by atoms with E-state index in [0.717, 1.165) is 17.8 Å². The van der Waals surface area contributed by atoms with Crippen molar-refractivity contribution in [3.05, 3.63) is 57.1 Å². The minimum atomic E-state index is -0.783. The Hall–Kier alpha value is -3.11. The van der Waals surface area contributed by atoms with Crippen LogP contribution < -0.4 is 16.4 Å². The lowest BCUT2D eigenvalue weighted by Crippen LogP contribution is -2.15. The molecule has 0 aliphatic heterocycles. The zero-order valence-corrected chi connectivity index (χ0v) is 16.1. The summed E-state index contributed by atoms with van der Waals surface area (Å²) in [5.41, 5.74) is 5.63. The Morgan fingerprint density at radius 1 is 1.18 bits per heavy atom. The molecule has 2 rings (SSSR count). The molecule has 9 nitrogen and oxygen atoms in total. The van der Waals surface area contributed by atoms with Crippen LogP contribution in [0.25, 0.3) is 0 Å². The minimum absolute atomic E-state index is 0.00606. The number of carbonyl (C=O) groups excluding carboxylic acids is 3. The summed E-state index contributed by atoms with van der Waals surface area (Å²) in [6.07, 6.45) is 0. The van der Waals surface area contributed by atoms with Crippen LogP contribution in [0.1, 0.15) is 17.3 Å². The van der Waals surface area contributed by atoms with Gasteiger partial charge >= 0.3 is 0 Å². The zero-order valence-electron chi connectivity index (χ0n) is 14.5. The fourth-order valence-corrected chi connectivity index (χ4v) is 3.19. The van der Waals surface area contributed by atoms with E-state index in [1.54, 1.807) is 6.07 Å². The van der Waals surface area contributed by atoms with E-state index in [0.29, 0.717) is 11.4 Å². The molecule has 0 fully saturated rings. The van der Waals surface area contributed by atoms with Gasteiger partial charge in [0.15, 0.2) is 0 Å². The van der Waals surface area contributed by atoms with Gasteiger partial charge in [-0.2, -0.15) is 0 Å². The highest BCUT2D eigenvalue weighted by Crippen LogP contribution is 2.31. The van der Waals surface area contributed by atoms with Crippen LogP contribution in [0.4, 0.5) is 17.1 Å². The summed E-state index contributed by atoms with van der Waals surface area (Å²) >= 11 is 7.02. The predicted octanol–water partition coefficient (Wildman–Crippen LogP) is 3.04. The molecule has 0 atom stereocenters. The van der Waals surface area contributed by atoms with E-state index in [1.807, 2.05) is 0 Å². The minimum Gasteiger partial charge on any atom is -0.366 e. The molecule has 2 aromatic rings. The van der Waals surface area contributed by atoms with Crippen LogP contribution >= 0.6 is 23.4 Å². The maximum absolute atomic E-state index is 12.2. The molecule has 0 aliphatic rings. The second-order valence-electron chi connectivity index (χ2n) is 5.52. The Kier molecular flexibility index (Phi) is 6.96. The third-order valence-corrected chi connectivity index (χ3v) is 4.74. The lowest BCUT2D eigenvalue weighted by molar-refractivity contribution is -0.387. The SMILES string of the molecule is CC(=O)Nc1ccc(NC(=O)CSc2ccc(C(N)=O)cc2[N+](=O)[O-])c(Cl)c1. The van der Waals surface area contributed by atoms with Crippen molar-refractivity contribution < 1.29 is 19.3 Å². The molecule has 0 aromatic heterocycles. The van der Waals surface area contributed by atoms with Gasteiger partial charge in [-0.15, -0.1) is 11.8 Å². The smallest absolute Gasteiger partial charge is 0.283 e. The molecule has 0 unspecified atom stereocenters. The van der Waals surface area contributed by atoms with Crippen LogP contribution in [0.5, 0.6) is 0 Å². The van der Waals surface area contributed by atoms with Crippen molar-refractivity contribution in [3.8, 4) is 0 Å². The number of nitro benzene ring substituents is 1. The molecular weight excluding hydrogens is 408 g/mol. The number of hydrogen-bond donors (Lipinski definition) is 3. The standard InChI is InChI=1S/C17H15ClN4O5S/c1-9(23)20-11-3-4-13(12(18)7-11)21-16(24)8-28-15-5-2-10(17(19)25)6-14(15)22(26)27/h2-7H,8H2,1H3,(H2,19,25)(H,20,23)(H,21,24). The molecule has 0 aliphatic carbocycles. The largest absolute Gasteiger partial charge is 0.366 e. The van der Waals surface area contributed by atoms with Crippen LogP contribution in [0.2, 0.25) is 5.02 Å². The number of nitrogens with one attached hydrogen (secondary N) is 2. The lowest BCUT2D eigenvalue weighted by atomic mass is 10.2. The highest BCUT2D eigenvalue weighted by atomic mass is 35.5. The van der Waals surface area contributed by atoms with Gasteiger partial charge in [-0.25, -0.2) is 0 Å². The van der Waals surface area contributed by atoms with Crippen molar-refractivity contribution in [2.75, 3.05) is 16.4 Å². The molecule has 11 heteroatoms. The summed E-state index contributed by atoms with van der Waals surface area (Å²) in [5.74, 6) is -1.60. The molecule has 0 saturated carbocycles. The van der Waals surface area contributed by atoms with Crippen molar-refractivity contribution in [2.24, 2.45) is 5.73 Å². The van der Waals surface area contributed by atoms with Crippen LogP contribution in [0.3, 0.4) is 0 Å². The number of nitrogens with zero attached hydrogens (tertiary/aromatic N) is 1. The molecular formula is C17H15ClN4O5S. The van der Waals surface area contributed by atoms with E-state index < -0.39 is 16.7 Å². The average molecular weight is 423 g/mol. The van der Waals surface area contributed by atoms with Gasteiger partial charge in [0.25, 0.3) is 5.69 Å². The van der Waals surface area contributed by atoms with Crippen molar-refractivity contribution in [1.29, 1.82) is 0 Å². The lowest BCUT2D eigenvalue weighted by Gasteiger charge is -2.09. The second kappa shape index (κ2) is 9.20. The first-order chi connectivity index (χ1) is 13.2. The quantitative estimate of drug-likeness (QED) is 0.355. The van der Waals surface area contributed by atoms with Gasteiger partial charge < -0.3 is 16.4 Å². The van der Waals surface area contributed by atoms with Gasteiger partial charge in [-0.05, 0) is 30.3 Å². The first kappa shape index (κ1) is 21.2. The number of amides is 3. The normalized spacial score (nSPS) is 10.2. The number of thioether (sulfide) groups is 1. The summed E-state index contributed by atoms with van der Waals surface area (Å²) in [7, 11) is 0. The Bertz CT molecular complexity index is 967. The molecule has 2 aromatic carbocycles. The topological polar surface area (TPSA) is 144 Å². The number of nitro groups is 1. The monoisotopic (exact) mass is 422 g/mol. The summed E-state index contributed by atoms with van der Waals surface area (Å²) in [4.78, 5) is 45.1. The molecule has 28 heavy (non-hydrogen) atoms. The number of anilines is 2. The van der Waals surface area contributed by atoms with Gasteiger partial charge in [0.05, 0.1) is 26.3 Å². The van der Waals surface area contributed by atoms with Crippen molar-refractivity contribution in [3.63, 3.8) is 0 Å². The van der Waals surface area contributed by atoms with E-state index in [1.165, 1.54) is 31.2 Å². The fourth-order valence-electron chi connectivity index (χ4n) is 2.16. The molecule has 0 spiro atoms. The van der Waals surface area contributed by atoms with Crippen LogP contribution in [0, 0.1) is 10.1 Å². The first-order valence-corrected chi connectivity index (χ1v) is 9.11. The number of primary amides is 1. The van der Waals surface area contributed by atoms with Gasteiger partial charge in [0, 0.05) is 24.2 Å². The molecule has 0 radical (unpaired) electrons. The van der Waals surface area contributed by atoms with Gasteiger partial charge in [0.2, 0.25) is 17.7 Å². The van der Waals surface area contributed by atoms with Crippen LogP contribution in [-0.2, 0) is 9.59 Å². The zero-order chi connectivity index (χ0) is 20.8. The van der Waals surface area contributed by atoms with Crippen LogP contribution in [-0.4, -0.2) is 28.4 Å². The van der Waals surface area contributed by atoms with Gasteiger partial charge in [-0.3, -0.25) is 24.5 Å². The van der Waals surface area contributed by atoms with E-state index >= 15 is 0 Å². The van der Waals surface area contributed by atoms with E-state index in [2.05, 4.69) is 10.6 Å². The third-order valence-electron chi connectivity index (χ3n) is 3.36. The van der Waals surface area contributed by atoms with E-state index in [-0.39, 0.29) is 32.8 Å². The Morgan fingerprint density at radius 3 is 2.46 bits per heavy atom. The number of nitrogens with two attached hydrogens (primary N) is 1. The van der Waals surface area contributed by atoms with E-state index in [9.17, 15) is 24.5 Å². The fraction of sp³-hybridized carbons (Fsp3) is 0.118. The number of halogens is 1. The highest BCUT2D eigenvalue weighted by molar-refractivity contribution is 8.00. The van der Waals surface area contributed by atoms with Crippen molar-refractivity contribution in [2.45, 2.75) is 11.8 Å². The van der Waals surface area contributed by atoms with Crippen molar-refractivity contribution >= 4 is 58.1 Å². The number of benzene rings is 2. The number of hydrogen-bond acceptors (Lipinski definition) is 6. The molecule has 0 heterocycles. The maximum atomic E-state index is 12.2. The number of carbonyl (C=O) groups is 3. The molecule has 0 saturated heterocycles. The predicted molar refractivity (Wildman–Crippen MR) is 107 cm³/mol. The average Bonchev–Trinajstić information content (AvgIpc) is 2.61. The Labute approximate surface area is 168 Å². The summed E-state index contributed by atoms with van der Waals surface area (Å²) in [6.45, 7) is 1.36. The highest BCUT2D eigenvalue weighted by Gasteiger charge is 2.18. The number of rotatable bonds is 7. The second-order valence-corrected chi connectivity index (χ2v) is 6.94. The Balaban J connectivity index is 2.06. The molecule has 3 amide bonds. The summed E-state index contributed by atoms with van der Waals surface area (Å²) in [5, 5.41) is 16.6. The molecule has 4 N–H and O–H groups in total. The molecule has 0 bridgehead atoms. The molecule has 146 valence electrons. The summed E-state index contributed by atoms with van der Waals surface area (Å²) in [6, 6.07) is 8.38. The summed E-state index contributed by atoms with van der Waals surface area (Å²) < 4.78 is 0. The van der Waals surface area contributed by atoms with Gasteiger partial charge in [0.1, 0.15) is 0 Å². The maximum Gasteiger partial charge on any atom is 0.283 e. The van der Waals surface area contributed by atoms with Crippen molar-refractivity contribution in [1.82, 2.24) is 0 Å². The Morgan fingerprint density at radius 2 is 1.89 bits per heavy atom. The first-order valence-electron chi connectivity index (χ1n) is 7.75. The van der Waals surface area contributed by atoms with E-state index in [4.69, 9.17) is 17.3 Å².